The van der Waals surface area contributed by atoms with Crippen LogP contribution in [0.5, 0.6) is 11.5 Å². The number of rotatable bonds is 3. The smallest absolute Gasteiger partial charge is 0.186 e. The fourth-order valence-corrected chi connectivity index (χ4v) is 2.96. The first kappa shape index (κ1) is 14.4. The average molecular weight is 299 g/mol. The number of hydrogen-bond acceptors (Lipinski definition) is 7. The molecule has 0 radical (unpaired) electrons. The molecular weight excluding hydrogens is 282 g/mol. The summed E-state index contributed by atoms with van der Waals surface area (Å²) in [6.45, 7) is 0. The topological polar surface area (TPSA) is 68.9 Å². The number of ether oxygens (including phenoxy) is 2. The molecule has 104 valence electrons. The van der Waals surface area contributed by atoms with Crippen LogP contribution < -0.4 is 20.5 Å². The zero-order valence-electron chi connectivity index (χ0n) is 11.3. The molecule has 1 aromatic rings. The largest absolute Gasteiger partial charge is 0.493 e. The molecule has 0 fully saturated rings. The first-order valence-corrected chi connectivity index (χ1v) is 8.04. The number of nitrogens with one attached hydrogen (secondary N) is 1. The number of amidine groups is 1. The fourth-order valence-electron chi connectivity index (χ4n) is 1.89. The first-order valence-electron chi connectivity index (χ1n) is 5.59. The van der Waals surface area contributed by atoms with Crippen LogP contribution in [0.1, 0.15) is 5.56 Å². The fraction of sp³-hybridized carbons (Fsp3) is 0.417. The molecule has 0 amide bonds. The molecule has 0 saturated carbocycles. The normalized spacial score (nSPS) is 21.2. The summed E-state index contributed by atoms with van der Waals surface area (Å²) in [5.41, 5.74) is 8.16. The monoisotopic (exact) mass is 299 g/mol. The lowest BCUT2D eigenvalue weighted by molar-refractivity contribution is 0.354. The van der Waals surface area contributed by atoms with Crippen molar-refractivity contribution in [3.05, 3.63) is 17.7 Å². The van der Waals surface area contributed by atoms with Crippen LogP contribution in [0.4, 0.5) is 5.69 Å². The van der Waals surface area contributed by atoms with E-state index < -0.39 is 4.99 Å². The Bertz CT molecular complexity index is 522. The minimum atomic E-state index is -0.807. The molecule has 0 aromatic heterocycles. The molecule has 19 heavy (non-hydrogen) atoms. The van der Waals surface area contributed by atoms with E-state index in [0.29, 0.717) is 11.5 Å². The Hall–Kier alpha value is -1.05. The molecule has 0 bridgehead atoms. The zero-order chi connectivity index (χ0) is 14.0. The molecule has 1 aromatic carbocycles. The van der Waals surface area contributed by atoms with Crippen molar-refractivity contribution in [1.29, 1.82) is 0 Å². The van der Waals surface area contributed by atoms with E-state index in [1.807, 2.05) is 24.6 Å². The molecule has 1 unspecified atom stereocenters. The predicted molar refractivity (Wildman–Crippen MR) is 83.5 cm³/mol. The van der Waals surface area contributed by atoms with Gasteiger partial charge in [0.15, 0.2) is 21.7 Å². The number of fused-ring (bicyclic) bond motifs is 1. The summed E-state index contributed by atoms with van der Waals surface area (Å²) in [5, 5.41) is 4.03. The summed E-state index contributed by atoms with van der Waals surface area (Å²) < 4.78 is 10.6. The third-order valence-electron chi connectivity index (χ3n) is 2.92. The summed E-state index contributed by atoms with van der Waals surface area (Å²) in [5.74, 6) is 1.31. The van der Waals surface area contributed by atoms with Crippen LogP contribution >= 0.6 is 23.5 Å². The van der Waals surface area contributed by atoms with E-state index in [1.165, 1.54) is 23.5 Å². The minimum Gasteiger partial charge on any atom is -0.493 e. The molecule has 1 aliphatic rings. The summed E-state index contributed by atoms with van der Waals surface area (Å²) >= 11 is 3.01. The second kappa shape index (κ2) is 5.52. The molecule has 2 rings (SSSR count). The minimum absolute atomic E-state index is 0.648. The maximum Gasteiger partial charge on any atom is 0.186 e. The van der Waals surface area contributed by atoms with E-state index >= 15 is 0 Å². The molecule has 7 heteroatoms. The van der Waals surface area contributed by atoms with Crippen LogP contribution in [0, 0.1) is 0 Å². The number of nitrogens with two attached hydrogens (primary N) is 1. The van der Waals surface area contributed by atoms with Crippen molar-refractivity contribution >= 4 is 34.4 Å². The third kappa shape index (κ3) is 2.50. The number of nitrogens with zero attached hydrogens (tertiary/aromatic N) is 1. The van der Waals surface area contributed by atoms with Gasteiger partial charge in [0.25, 0.3) is 0 Å². The van der Waals surface area contributed by atoms with Crippen molar-refractivity contribution in [2.24, 2.45) is 10.7 Å². The van der Waals surface area contributed by atoms with Crippen LogP contribution in [0.2, 0.25) is 0 Å². The highest BCUT2D eigenvalue weighted by molar-refractivity contribution is 8.13. The van der Waals surface area contributed by atoms with E-state index in [2.05, 4.69) is 10.3 Å². The Balaban J connectivity index is 2.59. The number of aliphatic imine (C=N–C) groups is 1. The number of thioether (sulfide) groups is 2. The quantitative estimate of drug-likeness (QED) is 0.835. The Kier molecular flexibility index (Phi) is 4.17. The number of methoxy groups -OCH3 is 2. The molecule has 0 saturated heterocycles. The van der Waals surface area contributed by atoms with E-state index in [-0.39, 0.29) is 0 Å². The van der Waals surface area contributed by atoms with Crippen LogP contribution in [-0.2, 0) is 4.99 Å². The van der Waals surface area contributed by atoms with Gasteiger partial charge in [0, 0.05) is 11.6 Å². The highest BCUT2D eigenvalue weighted by Crippen LogP contribution is 2.44. The summed E-state index contributed by atoms with van der Waals surface area (Å²) in [6, 6.07) is 3.76. The summed E-state index contributed by atoms with van der Waals surface area (Å²) in [4.78, 5) is 3.73. The summed E-state index contributed by atoms with van der Waals surface area (Å²) in [7, 11) is 3.22. The van der Waals surface area contributed by atoms with Gasteiger partial charge in [0.05, 0.1) is 19.9 Å². The molecule has 1 aliphatic heterocycles. The Morgan fingerprint density at radius 1 is 1.21 bits per heavy atom. The molecule has 0 aliphatic carbocycles. The number of hydrogen-bond donors (Lipinski definition) is 2. The zero-order valence-corrected chi connectivity index (χ0v) is 12.9. The van der Waals surface area contributed by atoms with Gasteiger partial charge in [0.1, 0.15) is 0 Å². The van der Waals surface area contributed by atoms with E-state index in [9.17, 15) is 0 Å². The van der Waals surface area contributed by atoms with E-state index in [4.69, 9.17) is 15.2 Å². The highest BCUT2D eigenvalue weighted by Gasteiger charge is 2.34. The number of benzene rings is 1. The van der Waals surface area contributed by atoms with Gasteiger partial charge < -0.3 is 14.8 Å². The lowest BCUT2D eigenvalue weighted by Crippen LogP contribution is -2.37. The molecule has 5 nitrogen and oxygen atoms in total. The van der Waals surface area contributed by atoms with Gasteiger partial charge in [-0.05, 0) is 18.6 Å². The highest BCUT2D eigenvalue weighted by atomic mass is 32.2. The Labute approximate surface area is 121 Å². The van der Waals surface area contributed by atoms with Crippen molar-refractivity contribution in [3.8, 4) is 11.5 Å². The molecular formula is C12H17N3O2S2. The number of anilines is 1. The van der Waals surface area contributed by atoms with Gasteiger partial charge in [-0.25, -0.2) is 4.99 Å². The van der Waals surface area contributed by atoms with Gasteiger partial charge >= 0.3 is 0 Å². The summed E-state index contributed by atoms with van der Waals surface area (Å²) in [6.07, 6.45) is 3.89. The van der Waals surface area contributed by atoms with Crippen molar-refractivity contribution in [1.82, 2.24) is 0 Å². The second-order valence-corrected chi connectivity index (χ2v) is 5.73. The van der Waals surface area contributed by atoms with Crippen molar-refractivity contribution < 1.29 is 9.47 Å². The van der Waals surface area contributed by atoms with Gasteiger partial charge in [0.2, 0.25) is 0 Å². The molecule has 1 atom stereocenters. The average Bonchev–Trinajstić information content (AvgIpc) is 2.45. The Morgan fingerprint density at radius 3 is 2.37 bits per heavy atom. The third-order valence-corrected chi connectivity index (χ3v) is 4.44. The maximum atomic E-state index is 6.38. The van der Waals surface area contributed by atoms with Crippen LogP contribution in [0.3, 0.4) is 0 Å². The Morgan fingerprint density at radius 2 is 1.84 bits per heavy atom. The SMILES string of the molecule is COc1cc2c(cc1OC)C(N)(SC)N=C(SC)N2. The van der Waals surface area contributed by atoms with E-state index in [1.54, 1.807) is 14.2 Å². The van der Waals surface area contributed by atoms with Crippen LogP contribution in [0.15, 0.2) is 17.1 Å². The molecule has 3 N–H and O–H groups in total. The molecule has 1 heterocycles. The van der Waals surface area contributed by atoms with Gasteiger partial charge in [-0.3, -0.25) is 5.73 Å². The maximum absolute atomic E-state index is 6.38. The van der Waals surface area contributed by atoms with Gasteiger partial charge in [-0.2, -0.15) is 0 Å². The lowest BCUT2D eigenvalue weighted by atomic mass is 10.1. The van der Waals surface area contributed by atoms with Gasteiger partial charge in [-0.1, -0.05) is 11.8 Å². The van der Waals surface area contributed by atoms with Crippen molar-refractivity contribution in [3.63, 3.8) is 0 Å². The lowest BCUT2D eigenvalue weighted by Gasteiger charge is -2.32. The predicted octanol–water partition coefficient (Wildman–Crippen LogP) is 2.28. The van der Waals surface area contributed by atoms with Crippen molar-refractivity contribution in [2.75, 3.05) is 32.0 Å². The second-order valence-electron chi connectivity index (χ2n) is 3.90. The first-order chi connectivity index (χ1) is 9.07. The van der Waals surface area contributed by atoms with E-state index in [0.717, 1.165) is 16.4 Å². The van der Waals surface area contributed by atoms with Crippen molar-refractivity contribution in [2.45, 2.75) is 4.99 Å². The standard InChI is InChI=1S/C12H17N3O2S2/c1-16-9-5-7-8(6-10(9)17-2)14-11(18-3)15-12(7,13)19-4/h5-6H,13H2,1-4H3,(H,14,15). The van der Waals surface area contributed by atoms with Crippen LogP contribution in [-0.4, -0.2) is 31.9 Å². The van der Waals surface area contributed by atoms with Crippen LogP contribution in [0.25, 0.3) is 0 Å². The van der Waals surface area contributed by atoms with Gasteiger partial charge in [-0.15, -0.1) is 11.8 Å². The molecule has 0 spiro atoms.